The molecule has 2 amide bonds. The third kappa shape index (κ3) is 4.37. The number of alkyl halides is 3. The quantitative estimate of drug-likeness (QED) is 0.910. The van der Waals surface area contributed by atoms with Gasteiger partial charge in [-0.2, -0.15) is 13.2 Å². The molecule has 1 heterocycles. The van der Waals surface area contributed by atoms with E-state index >= 15 is 0 Å². The van der Waals surface area contributed by atoms with Crippen LogP contribution >= 0.6 is 0 Å². The minimum atomic E-state index is -4.41. The zero-order chi connectivity index (χ0) is 16.2. The van der Waals surface area contributed by atoms with Gasteiger partial charge in [0, 0.05) is 26.2 Å². The number of urea groups is 1. The molecule has 1 aliphatic rings. The van der Waals surface area contributed by atoms with E-state index in [9.17, 15) is 18.0 Å². The molecule has 0 bridgehead atoms. The van der Waals surface area contributed by atoms with Crippen LogP contribution in [0.25, 0.3) is 0 Å². The largest absolute Gasteiger partial charge is 0.416 e. The third-order valence-corrected chi connectivity index (χ3v) is 3.76. The van der Waals surface area contributed by atoms with Crippen LogP contribution in [-0.2, 0) is 12.7 Å². The second-order valence-corrected chi connectivity index (χ2v) is 5.46. The van der Waals surface area contributed by atoms with Crippen LogP contribution < -0.4 is 5.32 Å². The van der Waals surface area contributed by atoms with Gasteiger partial charge in [0.2, 0.25) is 0 Å². The molecule has 7 heteroatoms. The molecule has 1 fully saturated rings. The maximum atomic E-state index is 12.9. The van der Waals surface area contributed by atoms with E-state index in [0.29, 0.717) is 13.1 Å². The predicted molar refractivity (Wildman–Crippen MR) is 77.4 cm³/mol. The lowest BCUT2D eigenvalue weighted by atomic mass is 10.1. The number of nitrogens with zero attached hydrogens (tertiary/aromatic N) is 2. The summed E-state index contributed by atoms with van der Waals surface area (Å²) >= 11 is 0. The van der Waals surface area contributed by atoms with Crippen molar-refractivity contribution in [1.82, 2.24) is 15.1 Å². The minimum Gasteiger partial charge on any atom is -0.334 e. The Kier molecular flexibility index (Phi) is 5.28. The second-order valence-electron chi connectivity index (χ2n) is 5.46. The number of amides is 2. The first-order valence-electron chi connectivity index (χ1n) is 7.24. The van der Waals surface area contributed by atoms with Gasteiger partial charge < -0.3 is 15.1 Å². The van der Waals surface area contributed by atoms with E-state index in [1.165, 1.54) is 18.2 Å². The van der Waals surface area contributed by atoms with Crippen LogP contribution in [0.5, 0.6) is 0 Å². The Labute approximate surface area is 127 Å². The van der Waals surface area contributed by atoms with Crippen molar-refractivity contribution in [3.63, 3.8) is 0 Å². The number of carbonyl (C=O) groups is 1. The lowest BCUT2D eigenvalue weighted by Gasteiger charge is -2.21. The molecule has 1 saturated heterocycles. The van der Waals surface area contributed by atoms with Crippen LogP contribution in [0.3, 0.4) is 0 Å². The highest BCUT2D eigenvalue weighted by atomic mass is 19.4. The topological polar surface area (TPSA) is 35.6 Å². The molecule has 122 valence electrons. The van der Waals surface area contributed by atoms with Gasteiger partial charge in [0.1, 0.15) is 0 Å². The first-order valence-corrected chi connectivity index (χ1v) is 7.24. The van der Waals surface area contributed by atoms with Gasteiger partial charge in [-0.3, -0.25) is 0 Å². The van der Waals surface area contributed by atoms with E-state index < -0.39 is 11.7 Å². The molecule has 0 unspecified atom stereocenters. The van der Waals surface area contributed by atoms with E-state index in [2.05, 4.69) is 10.2 Å². The number of rotatable bonds is 2. The molecule has 1 aromatic carbocycles. The van der Waals surface area contributed by atoms with Crippen molar-refractivity contribution in [2.75, 3.05) is 33.2 Å². The molecule has 0 atom stereocenters. The number of carbonyl (C=O) groups excluding carboxylic acids is 1. The average molecular weight is 315 g/mol. The Morgan fingerprint density at radius 1 is 1.18 bits per heavy atom. The van der Waals surface area contributed by atoms with Crippen molar-refractivity contribution < 1.29 is 18.0 Å². The maximum absolute atomic E-state index is 12.9. The van der Waals surface area contributed by atoms with Crippen LogP contribution in [-0.4, -0.2) is 49.1 Å². The number of likely N-dealkylation sites (N-methyl/N-ethyl adjacent to an activating group) is 1. The summed E-state index contributed by atoms with van der Waals surface area (Å²) in [5.74, 6) is 0. The van der Waals surface area contributed by atoms with Gasteiger partial charge in [-0.1, -0.05) is 18.2 Å². The highest BCUT2D eigenvalue weighted by molar-refractivity contribution is 5.74. The molecule has 0 radical (unpaired) electrons. The lowest BCUT2D eigenvalue weighted by Crippen LogP contribution is -2.41. The zero-order valence-electron chi connectivity index (χ0n) is 12.5. The van der Waals surface area contributed by atoms with Gasteiger partial charge in [-0.15, -0.1) is 0 Å². The van der Waals surface area contributed by atoms with Crippen LogP contribution in [0.4, 0.5) is 18.0 Å². The Bertz CT molecular complexity index is 519. The summed E-state index contributed by atoms with van der Waals surface area (Å²) in [6.45, 7) is 2.77. The van der Waals surface area contributed by atoms with Crippen molar-refractivity contribution in [1.29, 1.82) is 0 Å². The van der Waals surface area contributed by atoms with Gasteiger partial charge in [0.25, 0.3) is 0 Å². The number of benzene rings is 1. The summed E-state index contributed by atoms with van der Waals surface area (Å²) in [7, 11) is 1.99. The smallest absolute Gasteiger partial charge is 0.334 e. The van der Waals surface area contributed by atoms with E-state index in [1.807, 2.05) is 7.05 Å². The summed E-state index contributed by atoms with van der Waals surface area (Å²) < 4.78 is 38.7. The van der Waals surface area contributed by atoms with Gasteiger partial charge in [-0.05, 0) is 31.6 Å². The molecule has 2 rings (SSSR count). The fourth-order valence-corrected chi connectivity index (χ4v) is 2.48. The molecule has 0 aliphatic carbocycles. The van der Waals surface area contributed by atoms with E-state index in [0.717, 1.165) is 25.6 Å². The maximum Gasteiger partial charge on any atom is 0.416 e. The van der Waals surface area contributed by atoms with E-state index in [-0.39, 0.29) is 18.1 Å². The Balaban J connectivity index is 1.97. The fraction of sp³-hybridized carbons (Fsp3) is 0.533. The highest BCUT2D eigenvalue weighted by Gasteiger charge is 2.32. The Morgan fingerprint density at radius 2 is 1.91 bits per heavy atom. The van der Waals surface area contributed by atoms with Gasteiger partial charge >= 0.3 is 12.2 Å². The normalized spacial score (nSPS) is 17.2. The lowest BCUT2D eigenvalue weighted by molar-refractivity contribution is -0.138. The molecule has 0 aromatic heterocycles. The Morgan fingerprint density at radius 3 is 2.64 bits per heavy atom. The predicted octanol–water partition coefficient (Wildman–Crippen LogP) is 2.55. The van der Waals surface area contributed by atoms with E-state index in [1.54, 1.807) is 4.90 Å². The molecule has 1 aromatic rings. The molecular formula is C15H20F3N3O. The van der Waals surface area contributed by atoms with Crippen molar-refractivity contribution in [2.24, 2.45) is 0 Å². The molecule has 0 saturated carbocycles. The average Bonchev–Trinajstić information content (AvgIpc) is 2.69. The summed E-state index contributed by atoms with van der Waals surface area (Å²) in [5.41, 5.74) is -0.624. The summed E-state index contributed by atoms with van der Waals surface area (Å²) in [6.07, 6.45) is -3.55. The van der Waals surface area contributed by atoms with Crippen molar-refractivity contribution in [3.8, 4) is 0 Å². The third-order valence-electron chi connectivity index (χ3n) is 3.76. The first-order chi connectivity index (χ1) is 10.4. The second kappa shape index (κ2) is 7.00. The molecule has 4 nitrogen and oxygen atoms in total. The van der Waals surface area contributed by atoms with Crippen LogP contribution in [0, 0.1) is 0 Å². The first kappa shape index (κ1) is 16.6. The molecule has 0 spiro atoms. The Hall–Kier alpha value is -1.76. The van der Waals surface area contributed by atoms with Crippen LogP contribution in [0.1, 0.15) is 17.5 Å². The standard InChI is InChI=1S/C15H20F3N3O/c1-20-7-4-8-21(10-9-20)14(22)19-11-12-5-2-3-6-13(12)15(16,17)18/h2-3,5-6H,4,7-11H2,1H3,(H,19,22). The molecule has 1 N–H and O–H groups in total. The summed E-state index contributed by atoms with van der Waals surface area (Å²) in [4.78, 5) is 15.9. The monoisotopic (exact) mass is 315 g/mol. The van der Waals surface area contributed by atoms with Crippen LogP contribution in [0.15, 0.2) is 24.3 Å². The van der Waals surface area contributed by atoms with Gasteiger partial charge in [0.15, 0.2) is 0 Å². The molecular weight excluding hydrogens is 295 g/mol. The highest BCUT2D eigenvalue weighted by Crippen LogP contribution is 2.31. The van der Waals surface area contributed by atoms with Crippen molar-refractivity contribution in [3.05, 3.63) is 35.4 Å². The van der Waals surface area contributed by atoms with Crippen molar-refractivity contribution >= 4 is 6.03 Å². The van der Waals surface area contributed by atoms with Gasteiger partial charge in [0.05, 0.1) is 5.56 Å². The van der Waals surface area contributed by atoms with Crippen LogP contribution in [0.2, 0.25) is 0 Å². The minimum absolute atomic E-state index is 0.0790. The van der Waals surface area contributed by atoms with E-state index in [4.69, 9.17) is 0 Å². The summed E-state index contributed by atoms with van der Waals surface area (Å²) in [5, 5.41) is 2.59. The SMILES string of the molecule is CN1CCCN(C(=O)NCc2ccccc2C(F)(F)F)CC1. The number of nitrogens with one attached hydrogen (secondary N) is 1. The molecule has 22 heavy (non-hydrogen) atoms. The van der Waals surface area contributed by atoms with Crippen molar-refractivity contribution in [2.45, 2.75) is 19.1 Å². The van der Waals surface area contributed by atoms with Gasteiger partial charge in [-0.25, -0.2) is 4.79 Å². The number of hydrogen-bond acceptors (Lipinski definition) is 2. The fourth-order valence-electron chi connectivity index (χ4n) is 2.48. The summed E-state index contributed by atoms with van der Waals surface area (Å²) in [6, 6.07) is 4.99. The molecule has 1 aliphatic heterocycles. The number of hydrogen-bond donors (Lipinski definition) is 1. The zero-order valence-corrected chi connectivity index (χ0v) is 12.5. The number of halogens is 3.